The molecular weight excluding hydrogens is 338 g/mol. The molecule has 4 fully saturated rings. The van der Waals surface area contributed by atoms with Crippen LogP contribution in [-0.4, -0.2) is 20.1 Å². The summed E-state index contributed by atoms with van der Waals surface area (Å²) in [6.45, 7) is 1.39. The summed E-state index contributed by atoms with van der Waals surface area (Å²) in [5.41, 5.74) is -0.190. The topological polar surface area (TPSA) is 80.3 Å². The van der Waals surface area contributed by atoms with Crippen LogP contribution in [0.5, 0.6) is 0 Å². The molecule has 1 aromatic carbocycles. The molecule has 0 unspecified atom stereocenters. The van der Waals surface area contributed by atoms with Crippen molar-refractivity contribution in [2.75, 3.05) is 0 Å². The number of nitrogens with one attached hydrogen (secondary N) is 1. The second kappa shape index (κ2) is 5.66. The fourth-order valence-corrected chi connectivity index (χ4v) is 6.68. The molecule has 134 valence electrons. The van der Waals surface area contributed by atoms with Gasteiger partial charge >= 0.3 is 0 Å². The Bertz CT molecular complexity index is 807. The van der Waals surface area contributed by atoms with Crippen LogP contribution < -0.4 is 4.72 Å². The van der Waals surface area contributed by atoms with E-state index in [0.29, 0.717) is 23.3 Å². The lowest BCUT2D eigenvalue weighted by atomic mass is 9.49. The number of hydrogen-bond donors (Lipinski definition) is 1. The van der Waals surface area contributed by atoms with Crippen molar-refractivity contribution in [1.29, 1.82) is 0 Å². The minimum atomic E-state index is -3.96. The van der Waals surface area contributed by atoms with Gasteiger partial charge in [-0.2, -0.15) is 0 Å². The summed E-state index contributed by atoms with van der Waals surface area (Å²) in [5, 5.41) is 0. The van der Waals surface area contributed by atoms with Crippen molar-refractivity contribution < 1.29 is 18.0 Å². The minimum Gasteiger partial charge on any atom is -0.295 e. The highest BCUT2D eigenvalue weighted by atomic mass is 32.2. The lowest BCUT2D eigenvalue weighted by Gasteiger charge is -2.55. The number of carbonyl (C=O) groups is 2. The summed E-state index contributed by atoms with van der Waals surface area (Å²) >= 11 is 0. The average Bonchev–Trinajstić information content (AvgIpc) is 2.53. The number of benzene rings is 1. The Balaban J connectivity index is 1.58. The highest BCUT2D eigenvalue weighted by Crippen LogP contribution is 2.60. The number of carbonyl (C=O) groups excluding carboxylic acids is 2. The number of sulfonamides is 1. The molecule has 5 nitrogen and oxygen atoms in total. The highest BCUT2D eigenvalue weighted by Gasteiger charge is 2.55. The van der Waals surface area contributed by atoms with Crippen LogP contribution >= 0.6 is 0 Å². The molecule has 0 spiro atoms. The minimum absolute atomic E-state index is 0.0294. The van der Waals surface area contributed by atoms with E-state index in [-0.39, 0.29) is 16.6 Å². The maximum atomic E-state index is 12.9. The zero-order valence-electron chi connectivity index (χ0n) is 14.3. The van der Waals surface area contributed by atoms with Crippen molar-refractivity contribution in [2.24, 2.45) is 23.2 Å². The van der Waals surface area contributed by atoms with Gasteiger partial charge in [0.1, 0.15) is 0 Å². The molecule has 5 rings (SSSR count). The van der Waals surface area contributed by atoms with Gasteiger partial charge in [0.25, 0.3) is 10.0 Å². The SMILES string of the molecule is CC(=O)c1cccc(S(=O)(=O)NC(=O)C23CC4CC(CC(C4)C2)C3)c1. The highest BCUT2D eigenvalue weighted by molar-refractivity contribution is 7.90. The molecule has 0 aliphatic heterocycles. The van der Waals surface area contributed by atoms with Crippen LogP contribution in [0.1, 0.15) is 55.8 Å². The smallest absolute Gasteiger partial charge is 0.264 e. The molecule has 0 heterocycles. The van der Waals surface area contributed by atoms with Crippen LogP contribution in [-0.2, 0) is 14.8 Å². The molecule has 1 amide bonds. The summed E-state index contributed by atoms with van der Waals surface area (Å²) in [4.78, 5) is 24.4. The maximum absolute atomic E-state index is 12.9. The van der Waals surface area contributed by atoms with Gasteiger partial charge in [-0.15, -0.1) is 0 Å². The quantitative estimate of drug-likeness (QED) is 0.836. The molecule has 0 atom stereocenters. The summed E-state index contributed by atoms with van der Waals surface area (Å²) in [6, 6.07) is 5.85. The van der Waals surface area contributed by atoms with Gasteiger partial charge in [-0.3, -0.25) is 9.59 Å². The van der Waals surface area contributed by atoms with E-state index in [1.54, 1.807) is 6.07 Å². The first-order valence-electron chi connectivity index (χ1n) is 8.96. The second-order valence-electron chi connectivity index (χ2n) is 8.22. The molecule has 4 bridgehead atoms. The van der Waals surface area contributed by atoms with E-state index in [0.717, 1.165) is 19.3 Å². The van der Waals surface area contributed by atoms with Gasteiger partial charge in [0.2, 0.25) is 5.91 Å². The van der Waals surface area contributed by atoms with Crippen LogP contribution in [0, 0.1) is 23.2 Å². The summed E-state index contributed by atoms with van der Waals surface area (Å²) in [6.07, 6.45) is 6.02. The van der Waals surface area contributed by atoms with Gasteiger partial charge in [0.05, 0.1) is 10.3 Å². The molecule has 0 radical (unpaired) electrons. The molecular formula is C19H23NO4S. The first-order valence-corrected chi connectivity index (χ1v) is 10.4. The fourth-order valence-electron chi connectivity index (χ4n) is 5.56. The van der Waals surface area contributed by atoms with Crippen LogP contribution in [0.15, 0.2) is 29.2 Å². The van der Waals surface area contributed by atoms with Crippen LogP contribution in [0.4, 0.5) is 0 Å². The molecule has 4 aliphatic rings. The summed E-state index contributed by atoms with van der Waals surface area (Å²) in [5.74, 6) is 1.16. The van der Waals surface area contributed by atoms with Crippen molar-refractivity contribution in [3.05, 3.63) is 29.8 Å². The van der Waals surface area contributed by atoms with E-state index in [1.807, 2.05) is 0 Å². The van der Waals surface area contributed by atoms with Crippen molar-refractivity contribution >= 4 is 21.7 Å². The normalized spacial score (nSPS) is 33.2. The van der Waals surface area contributed by atoms with E-state index in [9.17, 15) is 18.0 Å². The van der Waals surface area contributed by atoms with Crippen molar-refractivity contribution in [3.8, 4) is 0 Å². The third kappa shape index (κ3) is 2.90. The maximum Gasteiger partial charge on any atom is 0.264 e. The van der Waals surface area contributed by atoms with Gasteiger partial charge < -0.3 is 0 Å². The Morgan fingerprint density at radius 1 is 1.04 bits per heavy atom. The Morgan fingerprint density at radius 2 is 1.60 bits per heavy atom. The predicted octanol–water partition coefficient (Wildman–Crippen LogP) is 2.91. The van der Waals surface area contributed by atoms with Crippen LogP contribution in [0.2, 0.25) is 0 Å². The zero-order chi connectivity index (χ0) is 17.8. The molecule has 0 saturated heterocycles. The Morgan fingerprint density at radius 3 is 2.12 bits per heavy atom. The van der Waals surface area contributed by atoms with E-state index < -0.39 is 15.4 Å². The molecule has 1 N–H and O–H groups in total. The Kier molecular flexibility index (Phi) is 3.79. The van der Waals surface area contributed by atoms with E-state index in [4.69, 9.17) is 0 Å². The number of rotatable bonds is 4. The first-order chi connectivity index (χ1) is 11.8. The second-order valence-corrected chi connectivity index (χ2v) is 9.90. The summed E-state index contributed by atoms with van der Waals surface area (Å²) < 4.78 is 27.7. The molecule has 4 aliphatic carbocycles. The molecule has 6 heteroatoms. The van der Waals surface area contributed by atoms with Gasteiger partial charge in [-0.25, -0.2) is 13.1 Å². The Labute approximate surface area is 148 Å². The lowest BCUT2D eigenvalue weighted by Crippen LogP contribution is -2.54. The number of ketones is 1. The van der Waals surface area contributed by atoms with Crippen molar-refractivity contribution in [1.82, 2.24) is 4.72 Å². The average molecular weight is 361 g/mol. The summed E-state index contributed by atoms with van der Waals surface area (Å²) in [7, 11) is -3.96. The van der Waals surface area contributed by atoms with Gasteiger partial charge in [-0.1, -0.05) is 12.1 Å². The molecule has 1 aromatic rings. The van der Waals surface area contributed by atoms with Crippen molar-refractivity contribution in [2.45, 2.75) is 50.3 Å². The lowest BCUT2D eigenvalue weighted by molar-refractivity contribution is -0.144. The molecule has 4 saturated carbocycles. The monoisotopic (exact) mass is 361 g/mol. The predicted molar refractivity (Wildman–Crippen MR) is 92.4 cm³/mol. The first kappa shape index (κ1) is 16.8. The van der Waals surface area contributed by atoms with Crippen molar-refractivity contribution in [3.63, 3.8) is 0 Å². The standard InChI is InChI=1S/C19H23NO4S/c1-12(21)16-3-2-4-17(8-16)25(23,24)20-18(22)19-9-13-5-14(10-19)7-15(6-13)11-19/h2-4,8,13-15H,5-7,9-11H2,1H3,(H,20,22). The number of hydrogen-bond acceptors (Lipinski definition) is 4. The van der Waals surface area contributed by atoms with E-state index >= 15 is 0 Å². The van der Waals surface area contributed by atoms with E-state index in [1.165, 1.54) is 44.4 Å². The zero-order valence-corrected chi connectivity index (χ0v) is 15.1. The number of amides is 1. The Hall–Kier alpha value is -1.69. The largest absolute Gasteiger partial charge is 0.295 e. The number of Topliss-reactive ketones (excluding diaryl/α,β-unsaturated/α-hetero) is 1. The third-order valence-electron chi connectivity index (χ3n) is 6.30. The molecule has 25 heavy (non-hydrogen) atoms. The van der Waals surface area contributed by atoms with Gasteiger partial charge in [0.15, 0.2) is 5.78 Å². The van der Waals surface area contributed by atoms with Crippen LogP contribution in [0.25, 0.3) is 0 Å². The van der Waals surface area contributed by atoms with Gasteiger partial charge in [-0.05, 0) is 75.3 Å². The molecule has 0 aromatic heterocycles. The van der Waals surface area contributed by atoms with E-state index in [2.05, 4.69) is 4.72 Å². The fraction of sp³-hybridized carbons (Fsp3) is 0.579. The third-order valence-corrected chi connectivity index (χ3v) is 7.63. The van der Waals surface area contributed by atoms with Gasteiger partial charge in [0, 0.05) is 5.56 Å². The van der Waals surface area contributed by atoms with Crippen LogP contribution in [0.3, 0.4) is 0 Å².